The number of benzene rings is 1. The predicted molar refractivity (Wildman–Crippen MR) is 48.6 cm³/mol. The summed E-state index contributed by atoms with van der Waals surface area (Å²) in [6.07, 6.45) is -1.09. The molecule has 0 fully saturated rings. The van der Waals surface area contributed by atoms with Crippen LogP contribution in [0.15, 0.2) is 24.3 Å². The molecule has 13 heavy (non-hydrogen) atoms. The highest BCUT2D eigenvalue weighted by molar-refractivity contribution is 6.30. The Morgan fingerprint density at radius 1 is 1.46 bits per heavy atom. The first-order valence-electron chi connectivity index (χ1n) is 3.68. The van der Waals surface area contributed by atoms with Crippen LogP contribution in [0, 0.1) is 11.3 Å². The Morgan fingerprint density at radius 3 is 2.62 bits per heavy atom. The highest BCUT2D eigenvalue weighted by Gasteiger charge is 2.01. The Morgan fingerprint density at radius 2 is 2.08 bits per heavy atom. The maximum Gasteiger partial charge on any atom is 0.174 e. The Labute approximate surface area is 81.1 Å². The zero-order valence-corrected chi connectivity index (χ0v) is 7.53. The summed E-state index contributed by atoms with van der Waals surface area (Å²) in [7, 11) is 0. The molecule has 1 aromatic carbocycles. The van der Waals surface area contributed by atoms with Crippen LogP contribution in [0.25, 0.3) is 0 Å². The molecule has 0 radical (unpaired) electrons. The number of aliphatic hydroxyl groups is 1. The van der Waals surface area contributed by atoms with Crippen molar-refractivity contribution in [1.29, 1.82) is 5.26 Å². The Kier molecular flexibility index (Phi) is 3.56. The lowest BCUT2D eigenvalue weighted by Crippen LogP contribution is -2.14. The second kappa shape index (κ2) is 4.70. The molecule has 3 nitrogen and oxygen atoms in total. The minimum atomic E-state index is -1.09. The molecule has 1 unspecified atom stereocenters. The Bertz CT molecular complexity index is 304. The number of halogens is 1. The van der Waals surface area contributed by atoms with Gasteiger partial charge in [0.15, 0.2) is 6.10 Å². The third-order valence-corrected chi connectivity index (χ3v) is 1.62. The van der Waals surface area contributed by atoms with E-state index in [-0.39, 0.29) is 6.61 Å². The van der Waals surface area contributed by atoms with Crippen molar-refractivity contribution in [3.63, 3.8) is 0 Å². The van der Waals surface area contributed by atoms with Crippen molar-refractivity contribution in [2.75, 3.05) is 6.61 Å². The van der Waals surface area contributed by atoms with Crippen LogP contribution >= 0.6 is 11.6 Å². The summed E-state index contributed by atoms with van der Waals surface area (Å²) in [5.74, 6) is 0.582. The van der Waals surface area contributed by atoms with Gasteiger partial charge in [-0.15, -0.1) is 0 Å². The lowest BCUT2D eigenvalue weighted by atomic mass is 10.3. The van der Waals surface area contributed by atoms with E-state index in [4.69, 9.17) is 26.7 Å². The van der Waals surface area contributed by atoms with E-state index in [2.05, 4.69) is 0 Å². The molecule has 0 amide bonds. The zero-order chi connectivity index (χ0) is 9.68. The lowest BCUT2D eigenvalue weighted by Gasteiger charge is -2.05. The van der Waals surface area contributed by atoms with Crippen LogP contribution in [0.5, 0.6) is 5.75 Å². The molecule has 68 valence electrons. The zero-order valence-electron chi connectivity index (χ0n) is 6.77. The summed E-state index contributed by atoms with van der Waals surface area (Å²) in [6.45, 7) is -0.0296. The second-order valence-electron chi connectivity index (χ2n) is 2.41. The van der Waals surface area contributed by atoms with Gasteiger partial charge < -0.3 is 9.84 Å². The fourth-order valence-electron chi connectivity index (χ4n) is 0.743. The van der Waals surface area contributed by atoms with Gasteiger partial charge in [-0.3, -0.25) is 0 Å². The van der Waals surface area contributed by atoms with Gasteiger partial charge in [-0.1, -0.05) is 11.6 Å². The number of aliphatic hydroxyl groups excluding tert-OH is 1. The van der Waals surface area contributed by atoms with E-state index < -0.39 is 6.10 Å². The maximum atomic E-state index is 8.86. The van der Waals surface area contributed by atoms with Gasteiger partial charge in [-0.2, -0.15) is 5.26 Å². The van der Waals surface area contributed by atoms with Gasteiger partial charge in [0, 0.05) is 5.02 Å². The molecule has 4 heteroatoms. The lowest BCUT2D eigenvalue weighted by molar-refractivity contribution is 0.150. The van der Waals surface area contributed by atoms with E-state index in [0.717, 1.165) is 0 Å². The van der Waals surface area contributed by atoms with E-state index in [1.165, 1.54) is 0 Å². The van der Waals surface area contributed by atoms with Crippen molar-refractivity contribution in [3.05, 3.63) is 29.3 Å². The van der Waals surface area contributed by atoms with Gasteiger partial charge >= 0.3 is 0 Å². The molecule has 0 aromatic heterocycles. The van der Waals surface area contributed by atoms with E-state index in [0.29, 0.717) is 10.8 Å². The number of nitrogens with zero attached hydrogens (tertiary/aromatic N) is 1. The first-order valence-corrected chi connectivity index (χ1v) is 4.06. The average molecular weight is 198 g/mol. The summed E-state index contributed by atoms with van der Waals surface area (Å²) in [6, 6.07) is 8.35. The highest BCUT2D eigenvalue weighted by Crippen LogP contribution is 2.15. The van der Waals surface area contributed by atoms with Crippen LogP contribution in [-0.2, 0) is 0 Å². The van der Waals surface area contributed by atoms with Crippen molar-refractivity contribution in [2.45, 2.75) is 6.10 Å². The first kappa shape index (κ1) is 9.85. The van der Waals surface area contributed by atoms with Gasteiger partial charge in [0.25, 0.3) is 0 Å². The highest BCUT2D eigenvalue weighted by atomic mass is 35.5. The van der Waals surface area contributed by atoms with E-state index in [1.807, 2.05) is 0 Å². The monoisotopic (exact) mass is 197 g/mol. The van der Waals surface area contributed by atoms with Crippen LogP contribution in [0.4, 0.5) is 0 Å². The summed E-state index contributed by atoms with van der Waals surface area (Å²) >= 11 is 5.64. The Hall–Kier alpha value is -1.24. The summed E-state index contributed by atoms with van der Waals surface area (Å²) < 4.78 is 5.08. The number of rotatable bonds is 3. The number of nitriles is 1. The van der Waals surface area contributed by atoms with Gasteiger partial charge in [-0.25, -0.2) is 0 Å². The molecular formula is C9H8ClNO2. The quantitative estimate of drug-likeness (QED) is 0.749. The number of hydrogen-bond donors (Lipinski definition) is 1. The van der Waals surface area contributed by atoms with Crippen LogP contribution in [0.3, 0.4) is 0 Å². The standard InChI is InChI=1S/C9H8ClNO2/c10-7-1-3-9(4-2-7)13-6-8(12)5-11/h1-4,8,12H,6H2. The molecule has 0 bridgehead atoms. The Balaban J connectivity index is 2.47. The molecule has 0 aliphatic rings. The van der Waals surface area contributed by atoms with E-state index >= 15 is 0 Å². The van der Waals surface area contributed by atoms with Crippen LogP contribution in [0.1, 0.15) is 0 Å². The molecular weight excluding hydrogens is 190 g/mol. The molecule has 0 aliphatic heterocycles. The summed E-state index contributed by atoms with van der Waals surface area (Å²) in [5, 5.41) is 17.7. The van der Waals surface area contributed by atoms with Gasteiger partial charge in [0.1, 0.15) is 12.4 Å². The number of hydrogen-bond acceptors (Lipinski definition) is 3. The summed E-state index contributed by atoms with van der Waals surface area (Å²) in [5.41, 5.74) is 0. The maximum absolute atomic E-state index is 8.86. The van der Waals surface area contributed by atoms with E-state index in [9.17, 15) is 0 Å². The molecule has 0 heterocycles. The third-order valence-electron chi connectivity index (χ3n) is 1.37. The van der Waals surface area contributed by atoms with E-state index in [1.54, 1.807) is 30.3 Å². The van der Waals surface area contributed by atoms with Crippen LogP contribution in [-0.4, -0.2) is 17.8 Å². The second-order valence-corrected chi connectivity index (χ2v) is 2.85. The fraction of sp³-hybridized carbons (Fsp3) is 0.222. The van der Waals surface area contributed by atoms with Crippen molar-refractivity contribution in [3.8, 4) is 11.8 Å². The molecule has 1 atom stereocenters. The number of ether oxygens (including phenoxy) is 1. The molecule has 0 saturated carbocycles. The van der Waals surface area contributed by atoms with Gasteiger partial charge in [0.2, 0.25) is 0 Å². The SMILES string of the molecule is N#CC(O)COc1ccc(Cl)cc1. The molecule has 0 aliphatic carbocycles. The van der Waals surface area contributed by atoms with Crippen molar-refractivity contribution >= 4 is 11.6 Å². The predicted octanol–water partition coefficient (Wildman–Crippen LogP) is 1.60. The smallest absolute Gasteiger partial charge is 0.174 e. The van der Waals surface area contributed by atoms with Gasteiger partial charge in [-0.05, 0) is 24.3 Å². The minimum Gasteiger partial charge on any atom is -0.490 e. The van der Waals surface area contributed by atoms with Gasteiger partial charge in [0.05, 0.1) is 6.07 Å². The van der Waals surface area contributed by atoms with Crippen LogP contribution in [0.2, 0.25) is 5.02 Å². The van der Waals surface area contributed by atoms with Crippen LogP contribution < -0.4 is 4.74 Å². The molecule has 1 N–H and O–H groups in total. The normalized spacial score (nSPS) is 11.8. The third kappa shape index (κ3) is 3.32. The molecule has 1 aromatic rings. The molecule has 1 rings (SSSR count). The summed E-state index contributed by atoms with van der Waals surface area (Å²) in [4.78, 5) is 0. The molecule has 0 spiro atoms. The first-order chi connectivity index (χ1) is 6.22. The average Bonchev–Trinajstić information content (AvgIpc) is 2.16. The van der Waals surface area contributed by atoms with Crippen molar-refractivity contribution in [1.82, 2.24) is 0 Å². The topological polar surface area (TPSA) is 53.2 Å². The fourth-order valence-corrected chi connectivity index (χ4v) is 0.869. The largest absolute Gasteiger partial charge is 0.490 e. The van der Waals surface area contributed by atoms with Crippen molar-refractivity contribution < 1.29 is 9.84 Å². The minimum absolute atomic E-state index is 0.0296. The van der Waals surface area contributed by atoms with Crippen molar-refractivity contribution in [2.24, 2.45) is 0 Å². The molecule has 0 saturated heterocycles.